The smallest absolute Gasteiger partial charge is 0.222 e. The Bertz CT molecular complexity index is 394. The molecule has 17 heavy (non-hydrogen) atoms. The molecule has 2 rings (SSSR count). The van der Waals surface area contributed by atoms with Gasteiger partial charge in [-0.25, -0.2) is 0 Å². The molecule has 1 unspecified atom stereocenters. The number of aryl methyl sites for hydroxylation is 1. The molecule has 0 saturated carbocycles. The molecule has 1 atom stereocenters. The van der Waals surface area contributed by atoms with Crippen molar-refractivity contribution in [2.24, 2.45) is 5.73 Å². The van der Waals surface area contributed by atoms with E-state index >= 15 is 0 Å². The molecule has 2 N–H and O–H groups in total. The number of piperidine rings is 1. The standard InChI is InChI=1S/C12H17BrN2OS/c13-11-5-3-10(17-11)4-6-12(16)15-7-1-2-9(14)8-15/h3,5,9H,1-2,4,6-8,14H2. The molecule has 1 amide bonds. The van der Waals surface area contributed by atoms with Crippen molar-refractivity contribution in [1.29, 1.82) is 0 Å². The number of carbonyl (C=O) groups excluding carboxylic acids is 1. The Hall–Kier alpha value is -0.390. The molecule has 2 heterocycles. The van der Waals surface area contributed by atoms with Crippen molar-refractivity contribution in [2.75, 3.05) is 13.1 Å². The Labute approximate surface area is 114 Å². The van der Waals surface area contributed by atoms with E-state index in [1.165, 1.54) is 4.88 Å². The van der Waals surface area contributed by atoms with E-state index in [2.05, 4.69) is 22.0 Å². The van der Waals surface area contributed by atoms with Gasteiger partial charge in [0.05, 0.1) is 3.79 Å². The number of hydrogen-bond acceptors (Lipinski definition) is 3. The van der Waals surface area contributed by atoms with Crippen molar-refractivity contribution < 1.29 is 4.79 Å². The zero-order chi connectivity index (χ0) is 12.3. The number of nitrogens with zero attached hydrogens (tertiary/aromatic N) is 1. The van der Waals surface area contributed by atoms with Crippen molar-refractivity contribution in [3.05, 3.63) is 20.8 Å². The van der Waals surface area contributed by atoms with Crippen LogP contribution in [0.15, 0.2) is 15.9 Å². The fourth-order valence-electron chi connectivity index (χ4n) is 2.11. The van der Waals surface area contributed by atoms with E-state index < -0.39 is 0 Å². The van der Waals surface area contributed by atoms with E-state index in [0.29, 0.717) is 6.42 Å². The lowest BCUT2D eigenvalue weighted by atomic mass is 10.1. The van der Waals surface area contributed by atoms with Crippen LogP contribution in [0.5, 0.6) is 0 Å². The number of thiophene rings is 1. The average Bonchev–Trinajstić information content (AvgIpc) is 2.72. The van der Waals surface area contributed by atoms with Crippen LogP contribution in [0.2, 0.25) is 0 Å². The molecule has 3 nitrogen and oxygen atoms in total. The summed E-state index contributed by atoms with van der Waals surface area (Å²) in [6.45, 7) is 1.60. The first-order valence-electron chi connectivity index (χ1n) is 5.93. The normalized spacial score (nSPS) is 20.6. The molecule has 0 aromatic carbocycles. The van der Waals surface area contributed by atoms with Gasteiger partial charge in [0.2, 0.25) is 5.91 Å². The predicted molar refractivity (Wildman–Crippen MR) is 74.1 cm³/mol. The highest BCUT2D eigenvalue weighted by molar-refractivity contribution is 9.11. The van der Waals surface area contributed by atoms with Gasteiger partial charge in [0, 0.05) is 30.4 Å². The Morgan fingerprint density at radius 3 is 3.06 bits per heavy atom. The second-order valence-electron chi connectivity index (χ2n) is 4.45. The number of rotatable bonds is 3. The second-order valence-corrected chi connectivity index (χ2v) is 7.00. The molecule has 1 fully saturated rings. The van der Waals surface area contributed by atoms with E-state index in [1.807, 2.05) is 11.0 Å². The molecule has 94 valence electrons. The summed E-state index contributed by atoms with van der Waals surface area (Å²) in [6, 6.07) is 4.27. The third kappa shape index (κ3) is 3.79. The third-order valence-electron chi connectivity index (χ3n) is 3.02. The zero-order valence-corrected chi connectivity index (χ0v) is 12.1. The molecular weight excluding hydrogens is 300 g/mol. The summed E-state index contributed by atoms with van der Waals surface area (Å²) in [7, 11) is 0. The largest absolute Gasteiger partial charge is 0.341 e. The third-order valence-corrected chi connectivity index (χ3v) is 4.71. The molecule has 1 aromatic heterocycles. The fourth-order valence-corrected chi connectivity index (χ4v) is 3.59. The van der Waals surface area contributed by atoms with Crippen molar-refractivity contribution in [1.82, 2.24) is 4.90 Å². The monoisotopic (exact) mass is 316 g/mol. The lowest BCUT2D eigenvalue weighted by Gasteiger charge is -2.30. The first-order chi connectivity index (χ1) is 8.15. The molecule has 1 saturated heterocycles. The maximum atomic E-state index is 12.0. The molecule has 0 radical (unpaired) electrons. The van der Waals surface area contributed by atoms with E-state index in [-0.39, 0.29) is 11.9 Å². The molecular formula is C12H17BrN2OS. The van der Waals surface area contributed by atoms with Gasteiger partial charge in [0.15, 0.2) is 0 Å². The highest BCUT2D eigenvalue weighted by Crippen LogP contribution is 2.23. The highest BCUT2D eigenvalue weighted by Gasteiger charge is 2.20. The zero-order valence-electron chi connectivity index (χ0n) is 9.69. The quantitative estimate of drug-likeness (QED) is 0.930. The number of amides is 1. The summed E-state index contributed by atoms with van der Waals surface area (Å²) in [6.07, 6.45) is 3.51. The SMILES string of the molecule is NC1CCCN(C(=O)CCc2ccc(Br)s2)C1. The first-order valence-corrected chi connectivity index (χ1v) is 7.53. The van der Waals surface area contributed by atoms with Crippen LogP contribution in [-0.4, -0.2) is 29.9 Å². The molecule has 1 aliphatic rings. The second kappa shape index (κ2) is 5.98. The molecule has 5 heteroatoms. The highest BCUT2D eigenvalue weighted by atomic mass is 79.9. The van der Waals surface area contributed by atoms with Crippen molar-refractivity contribution >= 4 is 33.2 Å². The summed E-state index contributed by atoms with van der Waals surface area (Å²) in [4.78, 5) is 15.2. The average molecular weight is 317 g/mol. The Kier molecular flexibility index (Phi) is 4.59. The first kappa shape index (κ1) is 13.1. The summed E-state index contributed by atoms with van der Waals surface area (Å²) in [5, 5.41) is 0. The maximum Gasteiger partial charge on any atom is 0.222 e. The predicted octanol–water partition coefficient (Wildman–Crippen LogP) is 2.39. The van der Waals surface area contributed by atoms with Crippen LogP contribution in [0.25, 0.3) is 0 Å². The molecule has 0 aliphatic carbocycles. The van der Waals surface area contributed by atoms with E-state index in [0.717, 1.165) is 36.1 Å². The number of likely N-dealkylation sites (tertiary alicyclic amines) is 1. The Morgan fingerprint density at radius 2 is 2.41 bits per heavy atom. The Balaban J connectivity index is 1.80. The van der Waals surface area contributed by atoms with Gasteiger partial charge in [-0.2, -0.15) is 0 Å². The minimum absolute atomic E-state index is 0.170. The van der Waals surface area contributed by atoms with E-state index in [1.54, 1.807) is 11.3 Å². The summed E-state index contributed by atoms with van der Waals surface area (Å²) >= 11 is 5.13. The van der Waals surface area contributed by atoms with Crippen molar-refractivity contribution in [3.63, 3.8) is 0 Å². The van der Waals surface area contributed by atoms with Gasteiger partial charge in [-0.05, 0) is 47.3 Å². The Morgan fingerprint density at radius 1 is 1.59 bits per heavy atom. The van der Waals surface area contributed by atoms with Gasteiger partial charge in [-0.1, -0.05) is 0 Å². The minimum atomic E-state index is 0.170. The number of nitrogens with two attached hydrogens (primary N) is 1. The summed E-state index contributed by atoms with van der Waals surface area (Å²) < 4.78 is 1.12. The van der Waals surface area contributed by atoms with Gasteiger partial charge in [-0.3, -0.25) is 4.79 Å². The fraction of sp³-hybridized carbons (Fsp3) is 0.583. The van der Waals surface area contributed by atoms with Crippen LogP contribution in [0.3, 0.4) is 0 Å². The number of hydrogen-bond donors (Lipinski definition) is 1. The van der Waals surface area contributed by atoms with Crippen molar-refractivity contribution in [2.45, 2.75) is 31.7 Å². The maximum absolute atomic E-state index is 12.0. The van der Waals surface area contributed by atoms with Crippen LogP contribution in [0, 0.1) is 0 Å². The van der Waals surface area contributed by atoms with Crippen LogP contribution in [0.1, 0.15) is 24.1 Å². The van der Waals surface area contributed by atoms with Gasteiger partial charge in [0.1, 0.15) is 0 Å². The van der Waals surface area contributed by atoms with Gasteiger partial charge in [-0.15, -0.1) is 11.3 Å². The number of carbonyl (C=O) groups is 1. The van der Waals surface area contributed by atoms with Gasteiger partial charge >= 0.3 is 0 Å². The van der Waals surface area contributed by atoms with E-state index in [9.17, 15) is 4.79 Å². The lowest BCUT2D eigenvalue weighted by molar-refractivity contribution is -0.132. The van der Waals surface area contributed by atoms with E-state index in [4.69, 9.17) is 5.73 Å². The van der Waals surface area contributed by atoms with Gasteiger partial charge < -0.3 is 10.6 Å². The van der Waals surface area contributed by atoms with Crippen LogP contribution in [0.4, 0.5) is 0 Å². The summed E-state index contributed by atoms with van der Waals surface area (Å²) in [5.74, 6) is 0.240. The minimum Gasteiger partial charge on any atom is -0.341 e. The molecule has 0 bridgehead atoms. The van der Waals surface area contributed by atoms with Crippen LogP contribution < -0.4 is 5.73 Å². The summed E-state index contributed by atoms with van der Waals surface area (Å²) in [5.41, 5.74) is 5.88. The molecule has 1 aliphatic heterocycles. The topological polar surface area (TPSA) is 46.3 Å². The molecule has 1 aromatic rings. The van der Waals surface area contributed by atoms with Gasteiger partial charge in [0.25, 0.3) is 0 Å². The van der Waals surface area contributed by atoms with Crippen LogP contribution >= 0.6 is 27.3 Å². The van der Waals surface area contributed by atoms with Crippen molar-refractivity contribution in [3.8, 4) is 0 Å². The van der Waals surface area contributed by atoms with Crippen LogP contribution in [-0.2, 0) is 11.2 Å². The lowest BCUT2D eigenvalue weighted by Crippen LogP contribution is -2.45. The molecule has 0 spiro atoms. The number of halogens is 1.